The van der Waals surface area contributed by atoms with Gasteiger partial charge in [0.2, 0.25) is 10.0 Å². The third-order valence-corrected chi connectivity index (χ3v) is 12.6. The SMILES string of the molecule is CNS(=O)(=O)c1cc(C(=O)N2CCC(CCN3[C@@H]4CC[C@H]3CC(n3c(C)nc5ccccc53)C4)(c3ccccc3)CC2)ccc1OC. The second kappa shape index (κ2) is 12.7. The number of rotatable bonds is 9. The number of hydrogen-bond acceptors (Lipinski definition) is 6. The van der Waals surface area contributed by atoms with Gasteiger partial charge in [0.25, 0.3) is 5.91 Å². The number of hydrogen-bond donors (Lipinski definition) is 1. The standard InChI is InChI=1S/C37H45N5O4S/c1-26-39-32-11-7-8-12-33(32)42(26)31-24-29-14-15-30(25-31)41(29)22-19-37(28-9-5-4-6-10-28)17-20-40(21-18-37)36(43)27-13-16-34(46-3)35(23-27)47(44,45)38-2/h4-13,16,23,29-31,38H,14-15,17-22,24-25H2,1-3H3/t29-,30+,31?. The topological polar surface area (TPSA) is 96.8 Å². The molecule has 3 aromatic carbocycles. The molecule has 3 aliphatic rings. The van der Waals surface area contributed by atoms with Gasteiger partial charge in [-0.25, -0.2) is 18.1 Å². The van der Waals surface area contributed by atoms with E-state index in [1.807, 2.05) is 4.90 Å². The number of piperidine rings is 2. The number of carbonyl (C=O) groups is 1. The van der Waals surface area contributed by atoms with Crippen LogP contribution in [-0.2, 0) is 15.4 Å². The maximum atomic E-state index is 13.7. The molecule has 248 valence electrons. The van der Waals surface area contributed by atoms with Crippen molar-refractivity contribution in [3.8, 4) is 5.75 Å². The predicted molar refractivity (Wildman–Crippen MR) is 183 cm³/mol. The van der Waals surface area contributed by atoms with Crippen LogP contribution in [-0.4, -0.2) is 79.6 Å². The summed E-state index contributed by atoms with van der Waals surface area (Å²) in [5.74, 6) is 1.18. The second-order valence-corrected chi connectivity index (χ2v) is 15.4. The number of imidazole rings is 1. The zero-order chi connectivity index (χ0) is 32.8. The van der Waals surface area contributed by atoms with Gasteiger partial charge in [0, 0.05) is 36.8 Å². The molecule has 2 bridgehead atoms. The second-order valence-electron chi connectivity index (χ2n) is 13.5. The minimum Gasteiger partial charge on any atom is -0.495 e. The van der Waals surface area contributed by atoms with Crippen LogP contribution in [0.25, 0.3) is 11.0 Å². The first-order valence-corrected chi connectivity index (χ1v) is 18.4. The zero-order valence-electron chi connectivity index (χ0n) is 27.6. The Bertz CT molecular complexity index is 1850. The summed E-state index contributed by atoms with van der Waals surface area (Å²) >= 11 is 0. The van der Waals surface area contributed by atoms with Gasteiger partial charge in [0.15, 0.2) is 0 Å². The molecule has 1 N–H and O–H groups in total. The van der Waals surface area contributed by atoms with Crippen molar-refractivity contribution in [2.24, 2.45) is 0 Å². The van der Waals surface area contributed by atoms with Crippen LogP contribution in [0, 0.1) is 6.92 Å². The molecule has 3 fully saturated rings. The Balaban J connectivity index is 1.06. The Morgan fingerprint density at radius 1 is 0.957 bits per heavy atom. The Morgan fingerprint density at radius 2 is 1.64 bits per heavy atom. The summed E-state index contributed by atoms with van der Waals surface area (Å²) in [6.07, 6.45) is 7.61. The molecular weight excluding hydrogens is 611 g/mol. The van der Waals surface area contributed by atoms with Crippen LogP contribution in [0.3, 0.4) is 0 Å². The Morgan fingerprint density at radius 3 is 2.32 bits per heavy atom. The fraction of sp³-hybridized carbons (Fsp3) is 0.459. The van der Waals surface area contributed by atoms with E-state index in [-0.39, 0.29) is 22.0 Å². The van der Waals surface area contributed by atoms with E-state index in [1.54, 1.807) is 12.1 Å². The van der Waals surface area contributed by atoms with Crippen molar-refractivity contribution in [1.29, 1.82) is 0 Å². The van der Waals surface area contributed by atoms with Gasteiger partial charge in [-0.05, 0) is 107 Å². The normalized spacial score (nSPS) is 22.9. The molecule has 0 radical (unpaired) electrons. The molecule has 9 nitrogen and oxygen atoms in total. The lowest BCUT2D eigenvalue weighted by Gasteiger charge is -2.45. The van der Waals surface area contributed by atoms with Gasteiger partial charge < -0.3 is 14.2 Å². The van der Waals surface area contributed by atoms with E-state index in [2.05, 4.69) is 75.7 Å². The molecular formula is C37H45N5O4S. The highest BCUT2D eigenvalue weighted by Gasteiger charge is 2.44. The molecule has 1 unspecified atom stereocenters. The number of likely N-dealkylation sites (tertiary alicyclic amines) is 1. The fourth-order valence-electron chi connectivity index (χ4n) is 8.72. The zero-order valence-corrected chi connectivity index (χ0v) is 28.4. The highest BCUT2D eigenvalue weighted by molar-refractivity contribution is 7.89. The third kappa shape index (κ3) is 5.85. The molecule has 3 atom stereocenters. The lowest BCUT2D eigenvalue weighted by molar-refractivity contribution is 0.0606. The molecule has 3 aliphatic heterocycles. The van der Waals surface area contributed by atoms with E-state index in [1.165, 1.54) is 44.1 Å². The number of sulfonamides is 1. The number of ether oxygens (including phenoxy) is 1. The molecule has 1 amide bonds. The van der Waals surface area contributed by atoms with Crippen molar-refractivity contribution < 1.29 is 17.9 Å². The Labute approximate surface area is 278 Å². The van der Waals surface area contributed by atoms with Crippen molar-refractivity contribution in [2.75, 3.05) is 33.8 Å². The van der Waals surface area contributed by atoms with Crippen LogP contribution in [0.5, 0.6) is 5.75 Å². The Hall–Kier alpha value is -3.73. The number of fused-ring (bicyclic) bond motifs is 3. The first kappa shape index (κ1) is 31.8. The fourth-order valence-corrected chi connectivity index (χ4v) is 9.63. The van der Waals surface area contributed by atoms with Gasteiger partial charge in [-0.15, -0.1) is 0 Å². The van der Waals surface area contributed by atoms with Gasteiger partial charge in [-0.1, -0.05) is 42.5 Å². The summed E-state index contributed by atoms with van der Waals surface area (Å²) in [7, 11) is -1.01. The summed E-state index contributed by atoms with van der Waals surface area (Å²) in [6, 6.07) is 25.6. The van der Waals surface area contributed by atoms with Crippen LogP contribution in [0.15, 0.2) is 77.7 Å². The van der Waals surface area contributed by atoms with Crippen molar-refractivity contribution in [1.82, 2.24) is 24.1 Å². The highest BCUT2D eigenvalue weighted by Crippen LogP contribution is 2.45. The molecule has 0 saturated carbocycles. The smallest absolute Gasteiger partial charge is 0.253 e. The average Bonchev–Trinajstić information content (AvgIpc) is 3.57. The van der Waals surface area contributed by atoms with Gasteiger partial charge in [-0.2, -0.15) is 0 Å². The monoisotopic (exact) mass is 655 g/mol. The van der Waals surface area contributed by atoms with Crippen LogP contribution < -0.4 is 9.46 Å². The molecule has 10 heteroatoms. The van der Waals surface area contributed by atoms with E-state index in [0.29, 0.717) is 36.8 Å². The molecule has 0 spiro atoms. The van der Waals surface area contributed by atoms with Crippen LogP contribution in [0.4, 0.5) is 0 Å². The lowest BCUT2D eigenvalue weighted by Crippen LogP contribution is -2.49. The van der Waals surface area contributed by atoms with Gasteiger partial charge in [0.05, 0.1) is 18.1 Å². The van der Waals surface area contributed by atoms with Crippen LogP contribution >= 0.6 is 0 Å². The summed E-state index contributed by atoms with van der Waals surface area (Å²) in [5.41, 5.74) is 4.02. The predicted octanol–water partition coefficient (Wildman–Crippen LogP) is 5.69. The quantitative estimate of drug-likeness (QED) is 0.249. The average molecular weight is 656 g/mol. The van der Waals surface area contributed by atoms with Gasteiger partial charge in [0.1, 0.15) is 16.5 Å². The number of carbonyl (C=O) groups excluding carboxylic acids is 1. The summed E-state index contributed by atoms with van der Waals surface area (Å²) in [5, 5.41) is 0. The van der Waals surface area contributed by atoms with E-state index in [9.17, 15) is 13.2 Å². The molecule has 3 saturated heterocycles. The molecule has 4 aromatic rings. The number of aromatic nitrogens is 2. The van der Waals surface area contributed by atoms with Crippen molar-refractivity contribution in [3.05, 3.63) is 89.7 Å². The molecule has 47 heavy (non-hydrogen) atoms. The minimum absolute atomic E-state index is 0.0218. The molecule has 1 aromatic heterocycles. The maximum Gasteiger partial charge on any atom is 0.253 e. The van der Waals surface area contributed by atoms with Crippen LogP contribution in [0.2, 0.25) is 0 Å². The Kier molecular flexibility index (Phi) is 8.61. The number of nitrogens with zero attached hydrogens (tertiary/aromatic N) is 4. The lowest BCUT2D eigenvalue weighted by atomic mass is 9.70. The first-order chi connectivity index (χ1) is 22.7. The van der Waals surface area contributed by atoms with E-state index < -0.39 is 10.0 Å². The molecule has 4 heterocycles. The number of aryl methyl sites for hydroxylation is 1. The number of amides is 1. The molecule has 7 rings (SSSR count). The van der Waals surface area contributed by atoms with Gasteiger partial charge >= 0.3 is 0 Å². The summed E-state index contributed by atoms with van der Waals surface area (Å²) < 4.78 is 35.4. The van der Waals surface area contributed by atoms with E-state index >= 15 is 0 Å². The largest absolute Gasteiger partial charge is 0.495 e. The maximum absolute atomic E-state index is 13.7. The van der Waals surface area contributed by atoms with E-state index in [0.717, 1.165) is 50.0 Å². The first-order valence-electron chi connectivity index (χ1n) is 16.9. The number of nitrogens with one attached hydrogen (secondary N) is 1. The third-order valence-electron chi connectivity index (χ3n) is 11.2. The highest BCUT2D eigenvalue weighted by atomic mass is 32.2. The summed E-state index contributed by atoms with van der Waals surface area (Å²) in [6.45, 7) is 4.44. The summed E-state index contributed by atoms with van der Waals surface area (Å²) in [4.78, 5) is 23.2. The molecule has 0 aliphatic carbocycles. The van der Waals surface area contributed by atoms with Crippen LogP contribution in [0.1, 0.15) is 72.7 Å². The number of methoxy groups -OCH3 is 1. The number of benzene rings is 3. The number of para-hydroxylation sites is 2. The van der Waals surface area contributed by atoms with Crippen molar-refractivity contribution in [2.45, 2.75) is 80.3 Å². The van der Waals surface area contributed by atoms with Gasteiger partial charge in [-0.3, -0.25) is 9.69 Å². The van der Waals surface area contributed by atoms with Crippen molar-refractivity contribution in [3.63, 3.8) is 0 Å². The minimum atomic E-state index is -3.79. The van der Waals surface area contributed by atoms with Crippen molar-refractivity contribution >= 4 is 27.0 Å². The van der Waals surface area contributed by atoms with E-state index in [4.69, 9.17) is 9.72 Å².